The van der Waals surface area contributed by atoms with Gasteiger partial charge in [-0.25, -0.2) is 4.79 Å². The minimum Gasteiger partial charge on any atom is -0.466 e. The van der Waals surface area contributed by atoms with Crippen LogP contribution in [-0.2, 0) is 9.53 Å². The summed E-state index contributed by atoms with van der Waals surface area (Å²) in [7, 11) is -1.67. The Balaban J connectivity index is 2.66. The molecule has 0 heterocycles. The van der Waals surface area contributed by atoms with E-state index in [0.717, 1.165) is 0 Å². The number of rotatable bonds is 4. The van der Waals surface area contributed by atoms with Crippen LogP contribution in [0.2, 0.25) is 13.1 Å². The van der Waals surface area contributed by atoms with Gasteiger partial charge in [0, 0.05) is 5.57 Å². The van der Waals surface area contributed by atoms with E-state index < -0.39 is 8.07 Å². The average molecular weight is 234 g/mol. The standard InChI is InChI=1S/C13H18O2Si/c1-11(2)13(14)15-10-16(3,4)12-8-6-5-7-9-12/h5-9H,1,10H2,2-4H3. The van der Waals surface area contributed by atoms with Gasteiger partial charge in [0.05, 0.1) is 6.23 Å². The van der Waals surface area contributed by atoms with Crippen molar-refractivity contribution in [2.75, 3.05) is 6.23 Å². The Labute approximate surface area is 98.0 Å². The summed E-state index contributed by atoms with van der Waals surface area (Å²) in [6, 6.07) is 10.2. The Hall–Kier alpha value is -1.35. The third-order valence-electron chi connectivity index (χ3n) is 2.47. The number of benzene rings is 1. The fourth-order valence-electron chi connectivity index (χ4n) is 1.34. The predicted octanol–water partition coefficient (Wildman–Crippen LogP) is 2.26. The minimum absolute atomic E-state index is 0.295. The largest absolute Gasteiger partial charge is 0.466 e. The quantitative estimate of drug-likeness (QED) is 0.454. The van der Waals surface area contributed by atoms with E-state index in [1.54, 1.807) is 6.92 Å². The van der Waals surface area contributed by atoms with Gasteiger partial charge in [-0.1, -0.05) is 55.2 Å². The molecule has 2 nitrogen and oxygen atoms in total. The lowest BCUT2D eigenvalue weighted by molar-refractivity contribution is -0.137. The lowest BCUT2D eigenvalue weighted by Crippen LogP contribution is -2.46. The summed E-state index contributed by atoms with van der Waals surface area (Å²) in [5.41, 5.74) is 0.456. The van der Waals surface area contributed by atoms with E-state index in [9.17, 15) is 4.79 Å². The summed E-state index contributed by atoms with van der Waals surface area (Å²) >= 11 is 0. The monoisotopic (exact) mass is 234 g/mol. The third-order valence-corrected chi connectivity index (χ3v) is 5.23. The van der Waals surface area contributed by atoms with Crippen LogP contribution in [0, 0.1) is 0 Å². The molecule has 0 N–H and O–H groups in total. The second-order valence-corrected chi connectivity index (χ2v) is 9.24. The van der Waals surface area contributed by atoms with Crippen molar-refractivity contribution < 1.29 is 9.53 Å². The minimum atomic E-state index is -1.67. The molecule has 1 aromatic carbocycles. The number of hydrogen-bond donors (Lipinski definition) is 0. The Bertz CT molecular complexity index is 382. The molecule has 0 unspecified atom stereocenters. The Kier molecular flexibility index (Phi) is 4.07. The van der Waals surface area contributed by atoms with Crippen LogP contribution in [0.1, 0.15) is 6.92 Å². The molecule has 0 atom stereocenters. The van der Waals surface area contributed by atoms with Gasteiger partial charge in [0.25, 0.3) is 0 Å². The first-order valence-corrected chi connectivity index (χ1v) is 8.52. The lowest BCUT2D eigenvalue weighted by Gasteiger charge is -2.22. The molecule has 1 aromatic rings. The van der Waals surface area contributed by atoms with Crippen LogP contribution in [-0.4, -0.2) is 20.3 Å². The highest BCUT2D eigenvalue weighted by Crippen LogP contribution is 2.05. The van der Waals surface area contributed by atoms with Crippen LogP contribution in [0.15, 0.2) is 42.5 Å². The zero-order chi connectivity index (χ0) is 12.2. The van der Waals surface area contributed by atoms with E-state index in [4.69, 9.17) is 4.74 Å². The Morgan fingerprint density at radius 2 is 1.88 bits per heavy atom. The fourth-order valence-corrected chi connectivity index (χ4v) is 3.10. The molecule has 1 rings (SSSR count). The van der Waals surface area contributed by atoms with E-state index in [-0.39, 0.29) is 5.97 Å². The highest BCUT2D eigenvalue weighted by molar-refractivity contribution is 6.89. The highest BCUT2D eigenvalue weighted by Gasteiger charge is 2.25. The topological polar surface area (TPSA) is 26.3 Å². The van der Waals surface area contributed by atoms with Crippen molar-refractivity contribution in [1.29, 1.82) is 0 Å². The van der Waals surface area contributed by atoms with Crippen molar-refractivity contribution in [2.24, 2.45) is 0 Å². The molecular formula is C13H18O2Si. The molecule has 0 aliphatic rings. The maximum absolute atomic E-state index is 11.3. The summed E-state index contributed by atoms with van der Waals surface area (Å²) in [4.78, 5) is 11.3. The summed E-state index contributed by atoms with van der Waals surface area (Å²) in [5, 5.41) is 1.30. The first-order chi connectivity index (χ1) is 7.43. The molecule has 0 bridgehead atoms. The van der Waals surface area contributed by atoms with Gasteiger partial charge in [-0.15, -0.1) is 0 Å². The molecule has 0 radical (unpaired) electrons. The first kappa shape index (κ1) is 12.7. The number of ether oxygens (including phenoxy) is 1. The molecule has 0 aromatic heterocycles. The molecule has 0 saturated heterocycles. The molecule has 0 aliphatic heterocycles. The van der Waals surface area contributed by atoms with Crippen molar-refractivity contribution in [3.8, 4) is 0 Å². The SMILES string of the molecule is C=C(C)C(=O)OC[Si](C)(C)c1ccccc1. The van der Waals surface area contributed by atoms with Gasteiger partial charge in [0.15, 0.2) is 0 Å². The zero-order valence-corrected chi connectivity index (χ0v) is 11.1. The van der Waals surface area contributed by atoms with E-state index in [1.165, 1.54) is 5.19 Å². The van der Waals surface area contributed by atoms with Gasteiger partial charge in [0.1, 0.15) is 8.07 Å². The third kappa shape index (κ3) is 3.34. The van der Waals surface area contributed by atoms with Gasteiger partial charge >= 0.3 is 5.97 Å². The molecule has 86 valence electrons. The molecule has 0 saturated carbocycles. The highest BCUT2D eigenvalue weighted by atomic mass is 28.3. The number of esters is 1. The summed E-state index contributed by atoms with van der Waals surface area (Å²) < 4.78 is 5.25. The van der Waals surface area contributed by atoms with Crippen LogP contribution >= 0.6 is 0 Å². The molecule has 16 heavy (non-hydrogen) atoms. The smallest absolute Gasteiger partial charge is 0.332 e. The molecule has 3 heteroatoms. The zero-order valence-electron chi connectivity index (χ0n) is 10.1. The van der Waals surface area contributed by atoms with Crippen molar-refractivity contribution in [1.82, 2.24) is 0 Å². The summed E-state index contributed by atoms with van der Waals surface area (Å²) in [5.74, 6) is -0.295. The summed E-state index contributed by atoms with van der Waals surface area (Å²) in [6.07, 6.45) is 0.503. The second kappa shape index (κ2) is 5.12. The van der Waals surface area contributed by atoms with Crippen LogP contribution in [0.3, 0.4) is 0 Å². The number of hydrogen-bond acceptors (Lipinski definition) is 2. The van der Waals surface area contributed by atoms with Crippen LogP contribution in [0.4, 0.5) is 0 Å². The van der Waals surface area contributed by atoms with E-state index in [1.807, 2.05) is 18.2 Å². The predicted molar refractivity (Wildman–Crippen MR) is 69.3 cm³/mol. The average Bonchev–Trinajstić information content (AvgIpc) is 2.27. The van der Waals surface area contributed by atoms with Gasteiger partial charge in [-0.2, -0.15) is 0 Å². The Morgan fingerprint density at radius 1 is 1.31 bits per heavy atom. The normalized spacial score (nSPS) is 10.9. The van der Waals surface area contributed by atoms with E-state index >= 15 is 0 Å². The lowest BCUT2D eigenvalue weighted by atomic mass is 10.4. The fraction of sp³-hybridized carbons (Fsp3) is 0.308. The van der Waals surface area contributed by atoms with E-state index in [2.05, 4.69) is 31.8 Å². The molecule has 0 aliphatic carbocycles. The van der Waals surface area contributed by atoms with Crippen molar-refractivity contribution in [2.45, 2.75) is 20.0 Å². The van der Waals surface area contributed by atoms with Crippen molar-refractivity contribution >= 4 is 19.2 Å². The van der Waals surface area contributed by atoms with Crippen molar-refractivity contribution in [3.05, 3.63) is 42.5 Å². The van der Waals surface area contributed by atoms with Crippen LogP contribution in [0.25, 0.3) is 0 Å². The maximum atomic E-state index is 11.3. The molecule has 0 spiro atoms. The van der Waals surface area contributed by atoms with Crippen LogP contribution in [0.5, 0.6) is 0 Å². The van der Waals surface area contributed by atoms with E-state index in [0.29, 0.717) is 11.8 Å². The number of carbonyl (C=O) groups excluding carboxylic acids is 1. The van der Waals surface area contributed by atoms with Crippen LogP contribution < -0.4 is 5.19 Å². The maximum Gasteiger partial charge on any atom is 0.332 e. The first-order valence-electron chi connectivity index (χ1n) is 5.31. The van der Waals surface area contributed by atoms with Gasteiger partial charge in [-0.05, 0) is 6.92 Å². The summed E-state index contributed by atoms with van der Waals surface area (Å²) in [6.45, 7) is 9.61. The van der Waals surface area contributed by atoms with Gasteiger partial charge in [0.2, 0.25) is 0 Å². The second-order valence-electron chi connectivity index (χ2n) is 4.61. The van der Waals surface area contributed by atoms with Crippen molar-refractivity contribution in [3.63, 3.8) is 0 Å². The Morgan fingerprint density at radius 3 is 2.38 bits per heavy atom. The van der Waals surface area contributed by atoms with Gasteiger partial charge in [-0.3, -0.25) is 0 Å². The molecule has 0 amide bonds. The number of carbonyl (C=O) groups is 1. The molecular weight excluding hydrogens is 216 g/mol. The molecule has 0 fully saturated rings. The van der Waals surface area contributed by atoms with Gasteiger partial charge < -0.3 is 4.74 Å².